The topological polar surface area (TPSA) is 71.8 Å². The molecule has 0 fully saturated rings. The lowest BCUT2D eigenvalue weighted by Crippen LogP contribution is -2.30. The second-order valence-electron chi connectivity index (χ2n) is 5.46. The highest BCUT2D eigenvalue weighted by atomic mass is 16.2. The maximum absolute atomic E-state index is 12.5. The molecule has 110 valence electrons. The van der Waals surface area contributed by atoms with Gasteiger partial charge in [0.05, 0.1) is 24.6 Å². The van der Waals surface area contributed by atoms with Gasteiger partial charge >= 0.3 is 0 Å². The van der Waals surface area contributed by atoms with Crippen molar-refractivity contribution in [1.29, 1.82) is 0 Å². The molecule has 3 rings (SSSR count). The van der Waals surface area contributed by atoms with Crippen molar-refractivity contribution in [2.24, 2.45) is 0 Å². The van der Waals surface area contributed by atoms with Crippen LogP contribution in [-0.2, 0) is 13.1 Å². The van der Waals surface area contributed by atoms with Crippen LogP contribution >= 0.6 is 0 Å². The van der Waals surface area contributed by atoms with E-state index in [2.05, 4.69) is 34.4 Å². The Balaban J connectivity index is 1.86. The Labute approximate surface area is 123 Å². The molecule has 1 amide bonds. The monoisotopic (exact) mass is 285 g/mol. The van der Waals surface area contributed by atoms with Crippen LogP contribution in [0, 0.1) is 0 Å². The van der Waals surface area contributed by atoms with Crippen molar-refractivity contribution >= 4 is 11.6 Å². The SMILES string of the molecule is CC(C)c1ccncc1NC(=O)c1cnc2n1CCNC2. The van der Waals surface area contributed by atoms with E-state index in [-0.39, 0.29) is 5.91 Å². The maximum Gasteiger partial charge on any atom is 0.273 e. The Hall–Kier alpha value is -2.21. The van der Waals surface area contributed by atoms with E-state index in [1.54, 1.807) is 18.6 Å². The minimum absolute atomic E-state index is 0.134. The van der Waals surface area contributed by atoms with Crippen LogP contribution in [0.25, 0.3) is 0 Å². The molecule has 0 unspecified atom stereocenters. The summed E-state index contributed by atoms with van der Waals surface area (Å²) in [5, 5.41) is 6.20. The lowest BCUT2D eigenvalue weighted by molar-refractivity contribution is 0.101. The van der Waals surface area contributed by atoms with Crippen molar-refractivity contribution in [2.75, 3.05) is 11.9 Å². The number of imidazole rings is 1. The summed E-state index contributed by atoms with van der Waals surface area (Å²) in [5.41, 5.74) is 2.45. The molecular formula is C15H19N5O. The number of amides is 1. The molecule has 6 nitrogen and oxygen atoms in total. The Morgan fingerprint density at radius 2 is 2.29 bits per heavy atom. The van der Waals surface area contributed by atoms with Crippen LogP contribution in [0.1, 0.15) is 41.6 Å². The second-order valence-corrected chi connectivity index (χ2v) is 5.46. The lowest BCUT2D eigenvalue weighted by atomic mass is 10.0. The Morgan fingerprint density at radius 1 is 1.43 bits per heavy atom. The number of anilines is 1. The van der Waals surface area contributed by atoms with Gasteiger partial charge in [0.15, 0.2) is 0 Å². The first-order chi connectivity index (χ1) is 10.2. The quantitative estimate of drug-likeness (QED) is 0.901. The van der Waals surface area contributed by atoms with E-state index in [0.717, 1.165) is 30.2 Å². The first-order valence-corrected chi connectivity index (χ1v) is 7.17. The van der Waals surface area contributed by atoms with Gasteiger partial charge in [-0.25, -0.2) is 4.98 Å². The van der Waals surface area contributed by atoms with E-state index in [0.29, 0.717) is 18.2 Å². The minimum atomic E-state index is -0.134. The minimum Gasteiger partial charge on any atom is -0.322 e. The maximum atomic E-state index is 12.5. The first-order valence-electron chi connectivity index (χ1n) is 7.17. The highest BCUT2D eigenvalue weighted by molar-refractivity contribution is 6.03. The molecule has 2 N–H and O–H groups in total. The molecule has 0 saturated carbocycles. The van der Waals surface area contributed by atoms with E-state index >= 15 is 0 Å². The summed E-state index contributed by atoms with van der Waals surface area (Å²) >= 11 is 0. The number of fused-ring (bicyclic) bond motifs is 1. The summed E-state index contributed by atoms with van der Waals surface area (Å²) in [6.07, 6.45) is 5.09. The molecule has 0 bridgehead atoms. The summed E-state index contributed by atoms with van der Waals surface area (Å²) in [6, 6.07) is 1.94. The Kier molecular flexibility index (Phi) is 3.70. The molecular weight excluding hydrogens is 266 g/mol. The normalized spacial score (nSPS) is 14.0. The van der Waals surface area contributed by atoms with Gasteiger partial charge in [-0.15, -0.1) is 0 Å². The molecule has 0 aromatic carbocycles. The number of nitrogens with zero attached hydrogens (tertiary/aromatic N) is 3. The highest BCUT2D eigenvalue weighted by Crippen LogP contribution is 2.23. The van der Waals surface area contributed by atoms with Crippen molar-refractivity contribution in [3.63, 3.8) is 0 Å². The molecule has 0 atom stereocenters. The van der Waals surface area contributed by atoms with Crippen LogP contribution in [0.15, 0.2) is 24.7 Å². The summed E-state index contributed by atoms with van der Waals surface area (Å²) < 4.78 is 1.97. The third kappa shape index (κ3) is 2.67. The standard InChI is InChI=1S/C15H19N5O/c1-10(2)11-3-4-16-7-12(11)19-15(21)13-8-18-14-9-17-5-6-20(13)14/h3-4,7-8,10,17H,5-6,9H2,1-2H3,(H,19,21). The number of carbonyl (C=O) groups is 1. The van der Waals surface area contributed by atoms with Gasteiger partial charge in [-0.05, 0) is 17.5 Å². The van der Waals surface area contributed by atoms with Gasteiger partial charge in [0.25, 0.3) is 5.91 Å². The van der Waals surface area contributed by atoms with E-state index < -0.39 is 0 Å². The molecule has 2 aromatic rings. The molecule has 0 aliphatic carbocycles. The predicted octanol–water partition coefficient (Wildman–Crippen LogP) is 1.76. The number of hydrogen-bond acceptors (Lipinski definition) is 4. The molecule has 0 spiro atoms. The van der Waals surface area contributed by atoms with Crippen LogP contribution in [0.2, 0.25) is 0 Å². The van der Waals surface area contributed by atoms with Crippen molar-refractivity contribution in [2.45, 2.75) is 32.9 Å². The zero-order valence-corrected chi connectivity index (χ0v) is 12.3. The fraction of sp³-hybridized carbons (Fsp3) is 0.400. The summed E-state index contributed by atoms with van der Waals surface area (Å²) in [4.78, 5) is 20.9. The van der Waals surface area contributed by atoms with E-state index in [9.17, 15) is 4.79 Å². The third-order valence-corrected chi connectivity index (χ3v) is 3.69. The Morgan fingerprint density at radius 3 is 3.10 bits per heavy atom. The zero-order chi connectivity index (χ0) is 14.8. The van der Waals surface area contributed by atoms with Gasteiger partial charge < -0.3 is 15.2 Å². The van der Waals surface area contributed by atoms with Gasteiger partial charge in [-0.3, -0.25) is 9.78 Å². The number of rotatable bonds is 3. The van der Waals surface area contributed by atoms with Crippen molar-refractivity contribution < 1.29 is 4.79 Å². The second kappa shape index (κ2) is 5.65. The van der Waals surface area contributed by atoms with Gasteiger partial charge in [0.2, 0.25) is 0 Å². The smallest absolute Gasteiger partial charge is 0.273 e. The number of pyridine rings is 1. The van der Waals surface area contributed by atoms with Crippen LogP contribution in [-0.4, -0.2) is 27.0 Å². The van der Waals surface area contributed by atoms with Crippen LogP contribution < -0.4 is 10.6 Å². The fourth-order valence-electron chi connectivity index (χ4n) is 2.58. The predicted molar refractivity (Wildman–Crippen MR) is 80.2 cm³/mol. The highest BCUT2D eigenvalue weighted by Gasteiger charge is 2.19. The summed E-state index contributed by atoms with van der Waals surface area (Å²) in [5.74, 6) is 1.10. The van der Waals surface area contributed by atoms with Gasteiger partial charge in [-0.1, -0.05) is 13.8 Å². The molecule has 0 saturated heterocycles. The molecule has 6 heteroatoms. The zero-order valence-electron chi connectivity index (χ0n) is 12.3. The van der Waals surface area contributed by atoms with Gasteiger partial charge in [0.1, 0.15) is 11.5 Å². The average molecular weight is 285 g/mol. The number of carbonyl (C=O) groups excluding carboxylic acids is 1. The lowest BCUT2D eigenvalue weighted by Gasteiger charge is -2.18. The molecule has 0 radical (unpaired) electrons. The van der Waals surface area contributed by atoms with Crippen molar-refractivity contribution in [1.82, 2.24) is 19.9 Å². The van der Waals surface area contributed by atoms with E-state index in [1.807, 2.05) is 10.6 Å². The third-order valence-electron chi connectivity index (χ3n) is 3.69. The number of nitrogens with one attached hydrogen (secondary N) is 2. The van der Waals surface area contributed by atoms with Crippen LogP contribution in [0.5, 0.6) is 0 Å². The van der Waals surface area contributed by atoms with E-state index in [4.69, 9.17) is 0 Å². The van der Waals surface area contributed by atoms with Crippen molar-refractivity contribution in [3.8, 4) is 0 Å². The summed E-state index contributed by atoms with van der Waals surface area (Å²) in [7, 11) is 0. The fourth-order valence-corrected chi connectivity index (χ4v) is 2.58. The van der Waals surface area contributed by atoms with Gasteiger partial charge in [0, 0.05) is 19.3 Å². The van der Waals surface area contributed by atoms with Gasteiger partial charge in [-0.2, -0.15) is 0 Å². The molecule has 1 aliphatic heterocycles. The van der Waals surface area contributed by atoms with Crippen LogP contribution in [0.4, 0.5) is 5.69 Å². The van der Waals surface area contributed by atoms with Crippen molar-refractivity contribution in [3.05, 3.63) is 41.7 Å². The van der Waals surface area contributed by atoms with Crippen LogP contribution in [0.3, 0.4) is 0 Å². The number of aromatic nitrogens is 3. The molecule has 2 aromatic heterocycles. The molecule has 1 aliphatic rings. The van der Waals surface area contributed by atoms with E-state index in [1.165, 1.54) is 0 Å². The summed E-state index contributed by atoms with van der Waals surface area (Å²) in [6.45, 7) is 6.52. The average Bonchev–Trinajstić information content (AvgIpc) is 2.91. The first kappa shape index (κ1) is 13.8. The Bertz CT molecular complexity index is 662. The largest absolute Gasteiger partial charge is 0.322 e. The molecule has 21 heavy (non-hydrogen) atoms. The number of hydrogen-bond donors (Lipinski definition) is 2. The molecule has 3 heterocycles.